The number of nitrogens with two attached hydrogens (primary N) is 1. The van der Waals surface area contributed by atoms with Crippen molar-refractivity contribution in [3.8, 4) is 0 Å². The van der Waals surface area contributed by atoms with Crippen LogP contribution in [0.15, 0.2) is 0 Å². The molecule has 1 aliphatic heterocycles. The molecule has 1 fully saturated rings. The first kappa shape index (κ1) is 16.5. The third-order valence-electron chi connectivity index (χ3n) is 4.53. The summed E-state index contributed by atoms with van der Waals surface area (Å²) in [4.78, 5) is 14.5. The third kappa shape index (κ3) is 5.13. The fourth-order valence-corrected chi connectivity index (χ4v) is 3.04. The minimum absolute atomic E-state index is 0.134. The molecule has 1 aliphatic rings. The van der Waals surface area contributed by atoms with Gasteiger partial charge in [0.1, 0.15) is 0 Å². The van der Waals surface area contributed by atoms with E-state index in [4.69, 9.17) is 5.73 Å². The SMILES string of the molecule is CC(CCCN)C(=O)N1CCCC(C(C)(C)C)CC1. The van der Waals surface area contributed by atoms with Crippen molar-refractivity contribution in [3.63, 3.8) is 0 Å². The molecule has 112 valence electrons. The molecular weight excluding hydrogens is 236 g/mol. The van der Waals surface area contributed by atoms with E-state index in [1.165, 1.54) is 6.42 Å². The molecule has 0 aromatic rings. The number of carbonyl (C=O) groups is 1. The highest BCUT2D eigenvalue weighted by Gasteiger charge is 2.29. The highest BCUT2D eigenvalue weighted by molar-refractivity contribution is 5.78. The van der Waals surface area contributed by atoms with Crippen LogP contribution in [0.2, 0.25) is 0 Å². The maximum atomic E-state index is 12.4. The lowest BCUT2D eigenvalue weighted by atomic mass is 9.77. The van der Waals surface area contributed by atoms with Crippen LogP contribution < -0.4 is 5.73 Å². The van der Waals surface area contributed by atoms with Gasteiger partial charge in [-0.25, -0.2) is 0 Å². The second kappa shape index (κ2) is 7.28. The topological polar surface area (TPSA) is 46.3 Å². The van der Waals surface area contributed by atoms with Crippen LogP contribution in [0.5, 0.6) is 0 Å². The zero-order chi connectivity index (χ0) is 14.5. The summed E-state index contributed by atoms with van der Waals surface area (Å²) in [7, 11) is 0. The van der Waals surface area contributed by atoms with E-state index in [2.05, 4.69) is 25.7 Å². The number of likely N-dealkylation sites (tertiary alicyclic amines) is 1. The van der Waals surface area contributed by atoms with Gasteiger partial charge in [0.2, 0.25) is 5.91 Å². The van der Waals surface area contributed by atoms with Gasteiger partial charge < -0.3 is 10.6 Å². The van der Waals surface area contributed by atoms with Crippen molar-refractivity contribution in [1.29, 1.82) is 0 Å². The van der Waals surface area contributed by atoms with E-state index in [-0.39, 0.29) is 5.92 Å². The Kier molecular flexibility index (Phi) is 6.31. The number of hydrogen-bond acceptors (Lipinski definition) is 2. The summed E-state index contributed by atoms with van der Waals surface area (Å²) in [6.45, 7) is 11.6. The van der Waals surface area contributed by atoms with Crippen LogP contribution in [0.1, 0.15) is 59.8 Å². The summed E-state index contributed by atoms with van der Waals surface area (Å²) in [5.74, 6) is 1.21. The van der Waals surface area contributed by atoms with Crippen LogP contribution >= 0.6 is 0 Å². The fourth-order valence-electron chi connectivity index (χ4n) is 3.04. The molecule has 0 aliphatic carbocycles. The Hall–Kier alpha value is -0.570. The Morgan fingerprint density at radius 1 is 1.32 bits per heavy atom. The molecule has 3 heteroatoms. The van der Waals surface area contributed by atoms with Gasteiger partial charge in [-0.15, -0.1) is 0 Å². The maximum absolute atomic E-state index is 12.4. The van der Waals surface area contributed by atoms with Crippen LogP contribution in [0, 0.1) is 17.3 Å². The summed E-state index contributed by atoms with van der Waals surface area (Å²) >= 11 is 0. The Morgan fingerprint density at radius 2 is 2.00 bits per heavy atom. The first-order valence-corrected chi connectivity index (χ1v) is 7.85. The Morgan fingerprint density at radius 3 is 2.58 bits per heavy atom. The summed E-state index contributed by atoms with van der Waals surface area (Å²) in [6, 6.07) is 0. The van der Waals surface area contributed by atoms with Crippen LogP contribution in [-0.4, -0.2) is 30.4 Å². The van der Waals surface area contributed by atoms with E-state index >= 15 is 0 Å². The summed E-state index contributed by atoms with van der Waals surface area (Å²) in [5.41, 5.74) is 5.89. The van der Waals surface area contributed by atoms with E-state index < -0.39 is 0 Å². The molecule has 19 heavy (non-hydrogen) atoms. The molecule has 3 nitrogen and oxygen atoms in total. The number of hydrogen-bond donors (Lipinski definition) is 1. The minimum atomic E-state index is 0.134. The minimum Gasteiger partial charge on any atom is -0.342 e. The molecule has 0 spiro atoms. The van der Waals surface area contributed by atoms with Gasteiger partial charge in [0, 0.05) is 19.0 Å². The molecule has 1 saturated heterocycles. The fraction of sp³-hybridized carbons (Fsp3) is 0.938. The van der Waals surface area contributed by atoms with Gasteiger partial charge in [-0.1, -0.05) is 27.7 Å². The lowest BCUT2D eigenvalue weighted by molar-refractivity contribution is -0.135. The van der Waals surface area contributed by atoms with Gasteiger partial charge in [0.05, 0.1) is 0 Å². The Bertz CT molecular complexity index is 283. The monoisotopic (exact) mass is 268 g/mol. The average Bonchev–Trinajstić information content (AvgIpc) is 2.60. The van der Waals surface area contributed by atoms with Crippen molar-refractivity contribution in [1.82, 2.24) is 4.90 Å². The predicted octanol–water partition coefficient (Wildman–Crippen LogP) is 3.04. The van der Waals surface area contributed by atoms with E-state index in [0.29, 0.717) is 17.9 Å². The number of carbonyl (C=O) groups excluding carboxylic acids is 1. The molecule has 1 amide bonds. The molecule has 0 bridgehead atoms. The smallest absolute Gasteiger partial charge is 0.225 e. The molecule has 1 rings (SSSR count). The van der Waals surface area contributed by atoms with Crippen molar-refractivity contribution in [2.75, 3.05) is 19.6 Å². The van der Waals surface area contributed by atoms with E-state index in [1.807, 2.05) is 6.92 Å². The second-order valence-corrected chi connectivity index (χ2v) is 7.15. The van der Waals surface area contributed by atoms with Gasteiger partial charge in [0.25, 0.3) is 0 Å². The lowest BCUT2D eigenvalue weighted by Crippen LogP contribution is -2.36. The number of amides is 1. The van der Waals surface area contributed by atoms with Crippen molar-refractivity contribution >= 4 is 5.91 Å². The molecule has 2 unspecified atom stereocenters. The maximum Gasteiger partial charge on any atom is 0.225 e. The zero-order valence-corrected chi connectivity index (χ0v) is 13.2. The quantitative estimate of drug-likeness (QED) is 0.852. The van der Waals surface area contributed by atoms with Crippen LogP contribution in [0.4, 0.5) is 0 Å². The van der Waals surface area contributed by atoms with Crippen molar-refractivity contribution in [2.24, 2.45) is 23.0 Å². The molecule has 0 saturated carbocycles. The third-order valence-corrected chi connectivity index (χ3v) is 4.53. The number of nitrogens with zero attached hydrogens (tertiary/aromatic N) is 1. The average molecular weight is 268 g/mol. The molecule has 1 heterocycles. The highest BCUT2D eigenvalue weighted by atomic mass is 16.2. The number of rotatable bonds is 4. The molecule has 0 radical (unpaired) electrons. The Labute approximate surface area is 118 Å². The van der Waals surface area contributed by atoms with Gasteiger partial charge in [-0.3, -0.25) is 4.79 Å². The van der Waals surface area contributed by atoms with Crippen molar-refractivity contribution in [2.45, 2.75) is 59.8 Å². The summed E-state index contributed by atoms with van der Waals surface area (Å²) in [5, 5.41) is 0. The molecular formula is C16H32N2O. The Balaban J connectivity index is 2.50. The highest BCUT2D eigenvalue weighted by Crippen LogP contribution is 2.34. The van der Waals surface area contributed by atoms with E-state index in [0.717, 1.165) is 44.7 Å². The van der Waals surface area contributed by atoms with Crippen LogP contribution in [0.3, 0.4) is 0 Å². The normalized spacial score (nSPS) is 23.0. The molecule has 0 aromatic heterocycles. The molecule has 2 atom stereocenters. The first-order chi connectivity index (χ1) is 8.86. The van der Waals surface area contributed by atoms with Crippen molar-refractivity contribution < 1.29 is 4.79 Å². The largest absolute Gasteiger partial charge is 0.342 e. The summed E-state index contributed by atoms with van der Waals surface area (Å²) < 4.78 is 0. The van der Waals surface area contributed by atoms with Gasteiger partial charge in [-0.05, 0) is 50.0 Å². The van der Waals surface area contributed by atoms with Crippen LogP contribution in [0.25, 0.3) is 0 Å². The van der Waals surface area contributed by atoms with Gasteiger partial charge in [0.15, 0.2) is 0 Å². The van der Waals surface area contributed by atoms with Crippen LogP contribution in [-0.2, 0) is 4.79 Å². The van der Waals surface area contributed by atoms with E-state index in [9.17, 15) is 4.79 Å². The molecule has 2 N–H and O–H groups in total. The van der Waals surface area contributed by atoms with E-state index in [1.54, 1.807) is 0 Å². The van der Waals surface area contributed by atoms with Gasteiger partial charge in [-0.2, -0.15) is 0 Å². The lowest BCUT2D eigenvalue weighted by Gasteiger charge is -2.30. The summed E-state index contributed by atoms with van der Waals surface area (Å²) in [6.07, 6.45) is 5.43. The first-order valence-electron chi connectivity index (χ1n) is 7.85. The van der Waals surface area contributed by atoms with Gasteiger partial charge >= 0.3 is 0 Å². The second-order valence-electron chi connectivity index (χ2n) is 7.15. The molecule has 0 aromatic carbocycles. The predicted molar refractivity (Wildman–Crippen MR) is 80.8 cm³/mol. The zero-order valence-electron chi connectivity index (χ0n) is 13.2. The standard InChI is InChI=1S/C16H32N2O/c1-13(7-5-10-17)15(19)18-11-6-8-14(9-12-18)16(2,3)4/h13-14H,5-12,17H2,1-4H3. The van der Waals surface area contributed by atoms with Crippen molar-refractivity contribution in [3.05, 3.63) is 0 Å².